The Morgan fingerprint density at radius 2 is 1.90 bits per heavy atom. The summed E-state index contributed by atoms with van der Waals surface area (Å²) in [6.45, 7) is 7.51. The second kappa shape index (κ2) is 8.67. The van der Waals surface area contributed by atoms with Crippen molar-refractivity contribution in [1.29, 1.82) is 0 Å². The van der Waals surface area contributed by atoms with Crippen LogP contribution in [0, 0.1) is 5.92 Å². The zero-order chi connectivity index (χ0) is 15.8. The fraction of sp³-hybridized carbons (Fsp3) is 0.588. The number of nitrogens with two attached hydrogens (primary N) is 1. The Morgan fingerprint density at radius 1 is 1.29 bits per heavy atom. The van der Waals surface area contributed by atoms with Crippen LogP contribution in [0.2, 0.25) is 0 Å². The lowest BCUT2D eigenvalue weighted by Crippen LogP contribution is -2.35. The van der Waals surface area contributed by atoms with E-state index < -0.39 is 0 Å². The number of amides is 1. The first-order chi connectivity index (χ1) is 9.93. The summed E-state index contributed by atoms with van der Waals surface area (Å²) in [7, 11) is 1.84. The lowest BCUT2D eigenvalue weighted by Gasteiger charge is -2.21. The van der Waals surface area contributed by atoms with Crippen molar-refractivity contribution in [2.24, 2.45) is 11.7 Å². The average Bonchev–Trinajstić information content (AvgIpc) is 2.46. The van der Waals surface area contributed by atoms with E-state index in [1.807, 2.05) is 38.2 Å². The fourth-order valence-corrected chi connectivity index (χ4v) is 1.98. The molecular formula is C17H28N2O2. The highest BCUT2D eigenvalue weighted by molar-refractivity contribution is 5.78. The van der Waals surface area contributed by atoms with Crippen LogP contribution in [0.3, 0.4) is 0 Å². The molecule has 1 aromatic rings. The molecule has 0 heterocycles. The third-order valence-electron chi connectivity index (χ3n) is 3.67. The van der Waals surface area contributed by atoms with Crippen molar-refractivity contribution in [2.45, 2.75) is 39.7 Å². The van der Waals surface area contributed by atoms with Crippen LogP contribution >= 0.6 is 0 Å². The second-order valence-electron chi connectivity index (χ2n) is 5.77. The van der Waals surface area contributed by atoms with Crippen molar-refractivity contribution in [1.82, 2.24) is 4.90 Å². The van der Waals surface area contributed by atoms with Crippen LogP contribution in [-0.4, -0.2) is 37.0 Å². The van der Waals surface area contributed by atoms with E-state index in [1.54, 1.807) is 4.90 Å². The van der Waals surface area contributed by atoms with Crippen LogP contribution in [0.25, 0.3) is 0 Å². The second-order valence-corrected chi connectivity index (χ2v) is 5.77. The molecule has 0 aliphatic heterocycles. The quantitative estimate of drug-likeness (QED) is 0.801. The molecule has 1 atom stereocenters. The van der Waals surface area contributed by atoms with Gasteiger partial charge < -0.3 is 15.4 Å². The van der Waals surface area contributed by atoms with Crippen LogP contribution < -0.4 is 10.5 Å². The van der Waals surface area contributed by atoms with Crippen LogP contribution in [0.5, 0.6) is 5.75 Å². The van der Waals surface area contributed by atoms with E-state index in [1.165, 1.54) is 0 Å². The number of hydrogen-bond donors (Lipinski definition) is 1. The summed E-state index contributed by atoms with van der Waals surface area (Å²) < 4.78 is 5.39. The summed E-state index contributed by atoms with van der Waals surface area (Å²) >= 11 is 0. The number of ether oxygens (including phenoxy) is 1. The van der Waals surface area contributed by atoms with Gasteiger partial charge in [0, 0.05) is 19.6 Å². The molecule has 1 unspecified atom stereocenters. The third-order valence-corrected chi connectivity index (χ3v) is 3.67. The molecule has 0 aromatic heterocycles. The Kier molecular flexibility index (Phi) is 7.23. The normalized spacial score (nSPS) is 12.3. The number of carbonyl (C=O) groups excluding carboxylic acids is 1. The summed E-state index contributed by atoms with van der Waals surface area (Å²) in [6.07, 6.45) is 1.25. The summed E-state index contributed by atoms with van der Waals surface area (Å²) in [6, 6.07) is 7.83. The van der Waals surface area contributed by atoms with Crippen molar-refractivity contribution < 1.29 is 9.53 Å². The third kappa shape index (κ3) is 6.17. The van der Waals surface area contributed by atoms with Crippen LogP contribution in [0.15, 0.2) is 24.3 Å². The highest BCUT2D eigenvalue weighted by Gasteiger charge is 2.13. The zero-order valence-electron chi connectivity index (χ0n) is 13.6. The molecule has 0 radical (unpaired) electrons. The van der Waals surface area contributed by atoms with E-state index >= 15 is 0 Å². The number of benzene rings is 1. The number of hydrogen-bond acceptors (Lipinski definition) is 3. The van der Waals surface area contributed by atoms with E-state index in [2.05, 4.69) is 13.8 Å². The first-order valence-corrected chi connectivity index (χ1v) is 7.65. The van der Waals surface area contributed by atoms with Crippen LogP contribution in [0.1, 0.15) is 32.8 Å². The van der Waals surface area contributed by atoms with Gasteiger partial charge in [-0.05, 0) is 37.0 Å². The van der Waals surface area contributed by atoms with E-state index in [-0.39, 0.29) is 11.9 Å². The van der Waals surface area contributed by atoms with Gasteiger partial charge in [-0.15, -0.1) is 0 Å². The van der Waals surface area contributed by atoms with Gasteiger partial charge in [-0.25, -0.2) is 0 Å². The standard InChI is InChI=1S/C17H28N2O2/c1-5-21-15-8-6-14(7-9-15)12-17(20)19(4)11-10-16(18)13(2)3/h6-9,13,16H,5,10-12,18H2,1-4H3. The van der Waals surface area contributed by atoms with Crippen molar-refractivity contribution in [3.8, 4) is 5.75 Å². The number of likely N-dealkylation sites (N-methyl/N-ethyl adjacent to an activating group) is 1. The highest BCUT2D eigenvalue weighted by Crippen LogP contribution is 2.13. The van der Waals surface area contributed by atoms with Crippen LogP contribution in [0.4, 0.5) is 0 Å². The van der Waals surface area contributed by atoms with E-state index in [0.717, 1.165) is 17.7 Å². The summed E-state index contributed by atoms with van der Waals surface area (Å²) in [5.41, 5.74) is 7.01. The fourth-order valence-electron chi connectivity index (χ4n) is 1.98. The molecule has 118 valence electrons. The molecular weight excluding hydrogens is 264 g/mol. The molecule has 1 amide bonds. The van der Waals surface area contributed by atoms with Crippen molar-refractivity contribution in [2.75, 3.05) is 20.2 Å². The molecule has 0 aliphatic carbocycles. The Balaban J connectivity index is 2.44. The molecule has 0 aliphatic rings. The zero-order valence-corrected chi connectivity index (χ0v) is 13.6. The smallest absolute Gasteiger partial charge is 0.226 e. The van der Waals surface area contributed by atoms with Gasteiger partial charge in [0.2, 0.25) is 5.91 Å². The van der Waals surface area contributed by atoms with E-state index in [0.29, 0.717) is 25.5 Å². The maximum absolute atomic E-state index is 12.2. The number of carbonyl (C=O) groups is 1. The van der Waals surface area contributed by atoms with Gasteiger partial charge in [0.05, 0.1) is 13.0 Å². The first-order valence-electron chi connectivity index (χ1n) is 7.65. The molecule has 0 saturated heterocycles. The molecule has 1 aromatic carbocycles. The van der Waals surface area contributed by atoms with Crippen molar-refractivity contribution in [3.05, 3.63) is 29.8 Å². The minimum absolute atomic E-state index is 0.120. The first kappa shape index (κ1) is 17.5. The Bertz CT molecular complexity index is 429. The summed E-state index contributed by atoms with van der Waals surface area (Å²) in [4.78, 5) is 13.9. The molecule has 0 spiro atoms. The minimum Gasteiger partial charge on any atom is -0.494 e. The van der Waals surface area contributed by atoms with Crippen molar-refractivity contribution in [3.63, 3.8) is 0 Å². The SMILES string of the molecule is CCOc1ccc(CC(=O)N(C)CCC(N)C(C)C)cc1. The lowest BCUT2D eigenvalue weighted by molar-refractivity contribution is -0.129. The van der Waals surface area contributed by atoms with E-state index in [9.17, 15) is 4.79 Å². The maximum Gasteiger partial charge on any atom is 0.226 e. The Hall–Kier alpha value is -1.55. The summed E-state index contributed by atoms with van der Waals surface area (Å²) in [5.74, 6) is 1.40. The topological polar surface area (TPSA) is 55.6 Å². The molecule has 1 rings (SSSR count). The molecule has 2 N–H and O–H groups in total. The number of nitrogens with zero attached hydrogens (tertiary/aromatic N) is 1. The molecule has 21 heavy (non-hydrogen) atoms. The van der Waals surface area contributed by atoms with Gasteiger partial charge in [0.15, 0.2) is 0 Å². The highest BCUT2D eigenvalue weighted by atomic mass is 16.5. The van der Waals surface area contributed by atoms with E-state index in [4.69, 9.17) is 10.5 Å². The molecule has 4 nitrogen and oxygen atoms in total. The predicted molar refractivity (Wildman–Crippen MR) is 86.4 cm³/mol. The van der Waals surface area contributed by atoms with Gasteiger partial charge in [0.1, 0.15) is 5.75 Å². The predicted octanol–water partition coefficient (Wildman–Crippen LogP) is 2.46. The minimum atomic E-state index is 0.120. The summed E-state index contributed by atoms with van der Waals surface area (Å²) in [5, 5.41) is 0. The van der Waals surface area contributed by atoms with Gasteiger partial charge in [-0.3, -0.25) is 4.79 Å². The Morgan fingerprint density at radius 3 is 2.43 bits per heavy atom. The van der Waals surface area contributed by atoms with Gasteiger partial charge in [-0.2, -0.15) is 0 Å². The Labute approximate surface area is 128 Å². The molecule has 0 bridgehead atoms. The number of rotatable bonds is 8. The van der Waals surface area contributed by atoms with Gasteiger partial charge >= 0.3 is 0 Å². The molecule has 0 saturated carbocycles. The monoisotopic (exact) mass is 292 g/mol. The molecule has 0 fully saturated rings. The lowest BCUT2D eigenvalue weighted by atomic mass is 10.0. The van der Waals surface area contributed by atoms with Crippen LogP contribution in [-0.2, 0) is 11.2 Å². The largest absolute Gasteiger partial charge is 0.494 e. The van der Waals surface area contributed by atoms with Gasteiger partial charge in [-0.1, -0.05) is 26.0 Å². The van der Waals surface area contributed by atoms with Crippen molar-refractivity contribution >= 4 is 5.91 Å². The molecule has 4 heteroatoms. The van der Waals surface area contributed by atoms with Gasteiger partial charge in [0.25, 0.3) is 0 Å². The maximum atomic E-state index is 12.2. The average molecular weight is 292 g/mol.